The van der Waals surface area contributed by atoms with E-state index in [9.17, 15) is 9.59 Å². The number of hydrogen-bond donors (Lipinski definition) is 0. The van der Waals surface area contributed by atoms with Crippen LogP contribution in [0.4, 0.5) is 0 Å². The van der Waals surface area contributed by atoms with E-state index in [1.165, 1.54) is 7.11 Å². The topological polar surface area (TPSA) is 65.1 Å². The van der Waals surface area contributed by atoms with Crippen molar-refractivity contribution in [1.82, 2.24) is 4.90 Å². The molecule has 0 N–H and O–H groups in total. The van der Waals surface area contributed by atoms with E-state index in [-0.39, 0.29) is 24.4 Å². The Morgan fingerprint density at radius 3 is 2.40 bits per heavy atom. The third-order valence-electron chi connectivity index (χ3n) is 3.90. The Labute approximate surface area is 150 Å². The second-order valence-corrected chi connectivity index (χ2v) is 5.91. The van der Waals surface area contributed by atoms with Crippen molar-refractivity contribution < 1.29 is 23.8 Å². The number of benzene rings is 1. The maximum absolute atomic E-state index is 12.6. The lowest BCUT2D eigenvalue weighted by molar-refractivity contribution is -0.146. The van der Waals surface area contributed by atoms with Crippen molar-refractivity contribution in [1.29, 1.82) is 0 Å². The van der Waals surface area contributed by atoms with Crippen molar-refractivity contribution in [2.75, 3.05) is 33.9 Å². The molecule has 6 nitrogen and oxygen atoms in total. The Morgan fingerprint density at radius 1 is 1.12 bits per heavy atom. The van der Waals surface area contributed by atoms with Crippen LogP contribution in [-0.4, -0.2) is 50.7 Å². The summed E-state index contributed by atoms with van der Waals surface area (Å²) in [5.74, 6) is 0.252. The Balaban J connectivity index is 2.68. The summed E-state index contributed by atoms with van der Waals surface area (Å²) in [6.07, 6.45) is 2.99. The van der Waals surface area contributed by atoms with Gasteiger partial charge in [-0.2, -0.15) is 0 Å². The highest BCUT2D eigenvalue weighted by Crippen LogP contribution is 2.25. The minimum atomic E-state index is -0.373. The molecule has 0 aliphatic rings. The van der Waals surface area contributed by atoms with Gasteiger partial charge < -0.3 is 19.1 Å². The van der Waals surface area contributed by atoms with Gasteiger partial charge in [0.05, 0.1) is 20.1 Å². The Hall–Kier alpha value is -2.24. The van der Waals surface area contributed by atoms with Crippen LogP contribution < -0.4 is 9.47 Å². The fourth-order valence-electron chi connectivity index (χ4n) is 2.45. The van der Waals surface area contributed by atoms with E-state index in [0.717, 1.165) is 19.3 Å². The summed E-state index contributed by atoms with van der Waals surface area (Å²) in [6.45, 7) is 4.69. The number of nitrogens with zero attached hydrogens (tertiary/aromatic N) is 1. The predicted molar refractivity (Wildman–Crippen MR) is 95.8 cm³/mol. The molecule has 140 valence electrons. The van der Waals surface area contributed by atoms with E-state index in [2.05, 4.69) is 6.92 Å². The number of methoxy groups -OCH3 is 2. The van der Waals surface area contributed by atoms with Crippen molar-refractivity contribution in [3.05, 3.63) is 24.3 Å². The highest BCUT2D eigenvalue weighted by Gasteiger charge is 2.22. The summed E-state index contributed by atoms with van der Waals surface area (Å²) in [6, 6.07) is 7.19. The standard InChI is InChI=1S/C19H29NO5/c1-5-6-9-12-20(13-15(2)19(22)24-4)18(21)14-25-17-11-8-7-10-16(17)23-3/h7-8,10-11,15H,5-6,9,12-14H2,1-4H3. The summed E-state index contributed by atoms with van der Waals surface area (Å²) in [7, 11) is 2.91. The molecular weight excluding hydrogens is 322 g/mol. The molecule has 6 heteroatoms. The molecule has 0 radical (unpaired) electrons. The van der Waals surface area contributed by atoms with Gasteiger partial charge >= 0.3 is 5.97 Å². The van der Waals surface area contributed by atoms with Crippen LogP contribution >= 0.6 is 0 Å². The van der Waals surface area contributed by atoms with Crippen molar-refractivity contribution in [3.63, 3.8) is 0 Å². The molecule has 25 heavy (non-hydrogen) atoms. The van der Waals surface area contributed by atoms with Crippen LogP contribution in [0.25, 0.3) is 0 Å². The summed E-state index contributed by atoms with van der Waals surface area (Å²) < 4.78 is 15.6. The first-order valence-corrected chi connectivity index (χ1v) is 8.64. The first kappa shape index (κ1) is 20.8. The molecule has 1 aromatic rings. The van der Waals surface area contributed by atoms with E-state index < -0.39 is 0 Å². The van der Waals surface area contributed by atoms with Crippen molar-refractivity contribution in [2.45, 2.75) is 33.1 Å². The third-order valence-corrected chi connectivity index (χ3v) is 3.90. The number of unbranched alkanes of at least 4 members (excludes halogenated alkanes) is 2. The highest BCUT2D eigenvalue weighted by atomic mass is 16.5. The molecule has 0 fully saturated rings. The van der Waals surface area contributed by atoms with E-state index >= 15 is 0 Å². The summed E-state index contributed by atoms with van der Waals surface area (Å²) in [5, 5.41) is 0. The highest BCUT2D eigenvalue weighted by molar-refractivity contribution is 5.79. The van der Waals surface area contributed by atoms with Gasteiger partial charge in [0.2, 0.25) is 0 Å². The SMILES string of the molecule is CCCCCN(CC(C)C(=O)OC)C(=O)COc1ccccc1OC. The molecule has 1 atom stereocenters. The molecule has 0 bridgehead atoms. The lowest BCUT2D eigenvalue weighted by Gasteiger charge is -2.25. The monoisotopic (exact) mass is 351 g/mol. The first-order chi connectivity index (χ1) is 12.0. The molecule has 1 unspecified atom stereocenters. The molecule has 1 aromatic carbocycles. The minimum Gasteiger partial charge on any atom is -0.493 e. The summed E-state index contributed by atoms with van der Waals surface area (Å²) >= 11 is 0. The van der Waals surface area contributed by atoms with Gasteiger partial charge in [0, 0.05) is 13.1 Å². The van der Waals surface area contributed by atoms with Crippen LogP contribution in [0.15, 0.2) is 24.3 Å². The molecular formula is C19H29NO5. The fourth-order valence-corrected chi connectivity index (χ4v) is 2.45. The van der Waals surface area contributed by atoms with Gasteiger partial charge in [-0.3, -0.25) is 9.59 Å². The molecule has 0 aliphatic carbocycles. The molecule has 0 saturated heterocycles. The number of rotatable bonds is 11. The van der Waals surface area contributed by atoms with E-state index in [0.29, 0.717) is 24.6 Å². The largest absolute Gasteiger partial charge is 0.493 e. The molecule has 0 aromatic heterocycles. The number of para-hydroxylation sites is 2. The number of ether oxygens (including phenoxy) is 3. The number of hydrogen-bond acceptors (Lipinski definition) is 5. The lowest BCUT2D eigenvalue weighted by atomic mass is 10.1. The van der Waals surface area contributed by atoms with Gasteiger partial charge in [0.1, 0.15) is 0 Å². The Kier molecular flexibility index (Phi) is 9.43. The lowest BCUT2D eigenvalue weighted by Crippen LogP contribution is -2.40. The zero-order chi connectivity index (χ0) is 18.7. The van der Waals surface area contributed by atoms with E-state index in [4.69, 9.17) is 14.2 Å². The Bertz CT molecular complexity index is 546. The van der Waals surface area contributed by atoms with Crippen LogP contribution in [0.5, 0.6) is 11.5 Å². The van der Waals surface area contributed by atoms with Gasteiger partial charge in [-0.15, -0.1) is 0 Å². The van der Waals surface area contributed by atoms with Gasteiger partial charge in [0.15, 0.2) is 18.1 Å². The zero-order valence-corrected chi connectivity index (χ0v) is 15.6. The first-order valence-electron chi connectivity index (χ1n) is 8.64. The Morgan fingerprint density at radius 2 is 1.80 bits per heavy atom. The van der Waals surface area contributed by atoms with Crippen LogP contribution in [0, 0.1) is 5.92 Å². The summed E-state index contributed by atoms with van der Waals surface area (Å²) in [5.41, 5.74) is 0. The number of carbonyl (C=O) groups excluding carboxylic acids is 2. The van der Waals surface area contributed by atoms with Crippen molar-refractivity contribution >= 4 is 11.9 Å². The van der Waals surface area contributed by atoms with Crippen molar-refractivity contribution in [3.8, 4) is 11.5 Å². The smallest absolute Gasteiger partial charge is 0.310 e. The van der Waals surface area contributed by atoms with Crippen LogP contribution in [0.3, 0.4) is 0 Å². The fraction of sp³-hybridized carbons (Fsp3) is 0.579. The predicted octanol–water partition coefficient (Wildman–Crippen LogP) is 2.90. The molecule has 0 heterocycles. The molecule has 1 rings (SSSR count). The van der Waals surface area contributed by atoms with Gasteiger partial charge in [-0.25, -0.2) is 0 Å². The number of carbonyl (C=O) groups is 2. The van der Waals surface area contributed by atoms with Crippen molar-refractivity contribution in [2.24, 2.45) is 5.92 Å². The zero-order valence-electron chi connectivity index (χ0n) is 15.6. The minimum absolute atomic E-state index is 0.0968. The van der Waals surface area contributed by atoms with Gasteiger partial charge in [-0.05, 0) is 18.6 Å². The van der Waals surface area contributed by atoms with E-state index in [1.54, 1.807) is 31.1 Å². The number of amides is 1. The molecule has 1 amide bonds. The average Bonchev–Trinajstić information content (AvgIpc) is 2.64. The maximum atomic E-state index is 12.6. The molecule has 0 spiro atoms. The van der Waals surface area contributed by atoms with Crippen LogP contribution in [0.2, 0.25) is 0 Å². The molecule has 0 saturated carbocycles. The molecule has 0 aliphatic heterocycles. The summed E-state index contributed by atoms with van der Waals surface area (Å²) in [4.78, 5) is 25.9. The quantitative estimate of drug-likeness (QED) is 0.453. The van der Waals surface area contributed by atoms with E-state index in [1.807, 2.05) is 12.1 Å². The van der Waals surface area contributed by atoms with Gasteiger partial charge in [0.25, 0.3) is 5.91 Å². The normalized spacial score (nSPS) is 11.5. The van der Waals surface area contributed by atoms with Gasteiger partial charge in [-0.1, -0.05) is 38.8 Å². The maximum Gasteiger partial charge on any atom is 0.310 e. The second-order valence-electron chi connectivity index (χ2n) is 5.91. The second kappa shape index (κ2) is 11.3. The van der Waals surface area contributed by atoms with Crippen LogP contribution in [0.1, 0.15) is 33.1 Å². The van der Waals surface area contributed by atoms with Crippen LogP contribution in [-0.2, 0) is 14.3 Å². The number of esters is 1. The third kappa shape index (κ3) is 7.03. The average molecular weight is 351 g/mol.